The predicted octanol–water partition coefficient (Wildman–Crippen LogP) is 4.29. The van der Waals surface area contributed by atoms with E-state index in [2.05, 4.69) is 10.3 Å². The van der Waals surface area contributed by atoms with Crippen molar-refractivity contribution >= 4 is 40.2 Å². The van der Waals surface area contributed by atoms with E-state index in [1.54, 1.807) is 12.1 Å². The van der Waals surface area contributed by atoms with Gasteiger partial charge in [0.25, 0.3) is 0 Å². The minimum atomic E-state index is -0.102. The summed E-state index contributed by atoms with van der Waals surface area (Å²) < 4.78 is 5.97. The van der Waals surface area contributed by atoms with Crippen LogP contribution in [0.1, 0.15) is 11.3 Å². The van der Waals surface area contributed by atoms with Gasteiger partial charge in [-0.2, -0.15) is 5.26 Å². The number of halogens is 1. The van der Waals surface area contributed by atoms with E-state index in [0.717, 1.165) is 25.5 Å². The van der Waals surface area contributed by atoms with Crippen LogP contribution in [0.15, 0.2) is 41.8 Å². The number of nitrogens with one attached hydrogen (secondary N) is 1. The second-order valence-electron chi connectivity index (χ2n) is 5.30. The zero-order valence-corrected chi connectivity index (χ0v) is 16.0. The zero-order valence-electron chi connectivity index (χ0n) is 13.6. The van der Waals surface area contributed by atoms with Gasteiger partial charge in [0.15, 0.2) is 6.61 Å². The van der Waals surface area contributed by atoms with Crippen molar-refractivity contribution in [1.29, 1.82) is 5.26 Å². The zero-order chi connectivity index (χ0) is 18.4. The highest BCUT2D eigenvalue weighted by Crippen LogP contribution is 2.32. The number of rotatable bonds is 7. The first-order valence-corrected chi connectivity index (χ1v) is 9.77. The molecule has 0 unspecified atom stereocenters. The van der Waals surface area contributed by atoms with Crippen LogP contribution in [0.2, 0.25) is 4.34 Å². The quantitative estimate of drug-likeness (QED) is 0.638. The summed E-state index contributed by atoms with van der Waals surface area (Å²) in [6.45, 7) is 0.386. The number of amides is 1. The summed E-state index contributed by atoms with van der Waals surface area (Å²) in [5.74, 6) is 0.506. The van der Waals surface area contributed by atoms with Crippen LogP contribution in [0.3, 0.4) is 0 Å². The van der Waals surface area contributed by atoms with Gasteiger partial charge in [-0.05, 0) is 29.8 Å². The van der Waals surface area contributed by atoms with Crippen LogP contribution >= 0.6 is 34.3 Å². The molecule has 0 aliphatic heterocycles. The van der Waals surface area contributed by atoms with Gasteiger partial charge in [0.1, 0.15) is 16.8 Å². The molecule has 1 N–H and O–H groups in total. The third-order valence-electron chi connectivity index (χ3n) is 3.37. The van der Waals surface area contributed by atoms with E-state index in [4.69, 9.17) is 21.6 Å². The van der Waals surface area contributed by atoms with Crippen LogP contribution in [0.4, 0.5) is 0 Å². The number of benzene rings is 1. The van der Waals surface area contributed by atoms with Gasteiger partial charge >= 0.3 is 0 Å². The van der Waals surface area contributed by atoms with Crippen molar-refractivity contribution in [1.82, 2.24) is 10.3 Å². The molecule has 26 heavy (non-hydrogen) atoms. The van der Waals surface area contributed by atoms with Gasteiger partial charge in [0, 0.05) is 11.9 Å². The van der Waals surface area contributed by atoms with Crippen LogP contribution in [0.5, 0.6) is 5.75 Å². The monoisotopic (exact) mass is 403 g/mol. The van der Waals surface area contributed by atoms with E-state index in [-0.39, 0.29) is 18.9 Å². The summed E-state index contributed by atoms with van der Waals surface area (Å²) in [4.78, 5) is 17.6. The Balaban J connectivity index is 1.53. The molecule has 0 bridgehead atoms. The molecule has 0 spiro atoms. The fourth-order valence-electron chi connectivity index (χ4n) is 2.22. The Hall–Kier alpha value is -2.40. The molecule has 0 aliphatic rings. The van der Waals surface area contributed by atoms with Crippen LogP contribution in [0.25, 0.3) is 9.88 Å². The van der Waals surface area contributed by atoms with Gasteiger partial charge in [0.2, 0.25) is 5.91 Å². The van der Waals surface area contributed by atoms with E-state index in [1.807, 2.05) is 35.7 Å². The standard InChI is InChI=1S/C18H14ClN3O2S2/c19-16-5-4-15(26-16)18-22-13(11-25-18)9-17(23)21-10-12-2-1-3-14(8-12)24-7-6-20/h1-5,8,11H,7,9-10H2,(H,21,23). The van der Waals surface area contributed by atoms with E-state index in [1.165, 1.54) is 22.7 Å². The van der Waals surface area contributed by atoms with Crippen LogP contribution in [0, 0.1) is 11.3 Å². The molecule has 1 aromatic carbocycles. The fraction of sp³-hybridized carbons (Fsp3) is 0.167. The molecule has 0 saturated heterocycles. The second-order valence-corrected chi connectivity index (χ2v) is 7.87. The summed E-state index contributed by atoms with van der Waals surface area (Å²) in [5.41, 5.74) is 1.64. The number of hydrogen-bond donors (Lipinski definition) is 1. The first-order valence-electron chi connectivity index (χ1n) is 7.69. The minimum absolute atomic E-state index is 0.00256. The first-order chi connectivity index (χ1) is 12.6. The van der Waals surface area contributed by atoms with Crippen LogP contribution in [-0.4, -0.2) is 17.5 Å². The summed E-state index contributed by atoms with van der Waals surface area (Å²) >= 11 is 8.91. The van der Waals surface area contributed by atoms with Crippen molar-refractivity contribution in [3.63, 3.8) is 0 Å². The number of carbonyl (C=O) groups excluding carboxylic acids is 1. The lowest BCUT2D eigenvalue weighted by Crippen LogP contribution is -2.24. The fourth-order valence-corrected chi connectivity index (χ4v) is 4.15. The van der Waals surface area contributed by atoms with E-state index in [0.29, 0.717) is 12.3 Å². The SMILES string of the molecule is N#CCOc1cccc(CNC(=O)Cc2csc(-c3ccc(Cl)s3)n2)c1. The third-order valence-corrected chi connectivity index (χ3v) is 5.66. The molecule has 2 heterocycles. The highest BCUT2D eigenvalue weighted by Gasteiger charge is 2.10. The Morgan fingerprint density at radius 2 is 2.23 bits per heavy atom. The number of nitriles is 1. The van der Waals surface area contributed by atoms with Crippen LogP contribution < -0.4 is 10.1 Å². The van der Waals surface area contributed by atoms with Gasteiger partial charge in [-0.1, -0.05) is 23.7 Å². The molecule has 132 valence electrons. The van der Waals surface area contributed by atoms with Crippen molar-refractivity contribution in [2.45, 2.75) is 13.0 Å². The molecule has 3 rings (SSSR count). The maximum absolute atomic E-state index is 12.2. The normalized spacial score (nSPS) is 10.3. The molecule has 1 amide bonds. The Labute approximate surface area is 163 Å². The molecular weight excluding hydrogens is 390 g/mol. The molecule has 8 heteroatoms. The maximum atomic E-state index is 12.2. The third kappa shape index (κ3) is 5.05. The Morgan fingerprint density at radius 1 is 1.35 bits per heavy atom. The molecule has 3 aromatic rings. The highest BCUT2D eigenvalue weighted by atomic mass is 35.5. The van der Waals surface area contributed by atoms with Crippen molar-refractivity contribution in [2.24, 2.45) is 0 Å². The lowest BCUT2D eigenvalue weighted by atomic mass is 10.2. The molecule has 5 nitrogen and oxygen atoms in total. The Bertz CT molecular complexity index is 946. The molecule has 0 atom stereocenters. The number of ether oxygens (including phenoxy) is 1. The number of nitrogens with zero attached hydrogens (tertiary/aromatic N) is 2. The van der Waals surface area contributed by atoms with Crippen molar-refractivity contribution in [3.8, 4) is 21.7 Å². The molecule has 0 fully saturated rings. The molecular formula is C18H14ClN3O2S2. The van der Waals surface area contributed by atoms with Crippen molar-refractivity contribution in [2.75, 3.05) is 6.61 Å². The lowest BCUT2D eigenvalue weighted by molar-refractivity contribution is -0.120. The van der Waals surface area contributed by atoms with Gasteiger partial charge in [-0.25, -0.2) is 4.98 Å². The molecule has 0 saturated carbocycles. The molecule has 0 radical (unpaired) electrons. The number of aromatic nitrogens is 1. The summed E-state index contributed by atoms with van der Waals surface area (Å²) in [5, 5.41) is 14.2. The first kappa shape index (κ1) is 18.4. The summed E-state index contributed by atoms with van der Waals surface area (Å²) in [7, 11) is 0. The maximum Gasteiger partial charge on any atom is 0.226 e. The Kier molecular flexibility index (Phi) is 6.23. The van der Waals surface area contributed by atoms with E-state index >= 15 is 0 Å². The van der Waals surface area contributed by atoms with Crippen molar-refractivity contribution in [3.05, 3.63) is 57.4 Å². The Morgan fingerprint density at radius 3 is 3.00 bits per heavy atom. The summed E-state index contributed by atoms with van der Waals surface area (Å²) in [6.07, 6.45) is 0.222. The van der Waals surface area contributed by atoms with E-state index < -0.39 is 0 Å². The average molecular weight is 404 g/mol. The number of thiophene rings is 1. The van der Waals surface area contributed by atoms with Crippen molar-refractivity contribution < 1.29 is 9.53 Å². The second kappa shape index (κ2) is 8.81. The number of carbonyl (C=O) groups is 1. The number of thiazole rings is 1. The largest absolute Gasteiger partial charge is 0.479 e. The minimum Gasteiger partial charge on any atom is -0.479 e. The lowest BCUT2D eigenvalue weighted by Gasteiger charge is -2.07. The number of hydrogen-bond acceptors (Lipinski definition) is 6. The van der Waals surface area contributed by atoms with Crippen LogP contribution in [-0.2, 0) is 17.8 Å². The van der Waals surface area contributed by atoms with E-state index in [9.17, 15) is 4.79 Å². The summed E-state index contributed by atoms with van der Waals surface area (Å²) in [6, 6.07) is 13.0. The average Bonchev–Trinajstić information content (AvgIpc) is 3.27. The van der Waals surface area contributed by atoms with Gasteiger partial charge in [-0.3, -0.25) is 4.79 Å². The topological polar surface area (TPSA) is 75.0 Å². The molecule has 2 aromatic heterocycles. The smallest absolute Gasteiger partial charge is 0.226 e. The van der Waals surface area contributed by atoms with Gasteiger partial charge < -0.3 is 10.1 Å². The van der Waals surface area contributed by atoms with Gasteiger partial charge in [-0.15, -0.1) is 22.7 Å². The predicted molar refractivity (Wildman–Crippen MR) is 104 cm³/mol. The van der Waals surface area contributed by atoms with Gasteiger partial charge in [0.05, 0.1) is 21.3 Å². The molecule has 0 aliphatic carbocycles. The highest BCUT2D eigenvalue weighted by molar-refractivity contribution is 7.23.